The smallest absolute Gasteiger partial charge is 0.326 e. The molecule has 3 N–H and O–H groups in total. The Balaban J connectivity index is 1.26. The number of aliphatic hydroxyl groups excluding tert-OH is 1. The Labute approximate surface area is 303 Å². The van der Waals surface area contributed by atoms with Crippen LogP contribution < -0.4 is 10.1 Å². The largest absolute Gasteiger partial charge is 0.494 e. The van der Waals surface area contributed by atoms with Gasteiger partial charge in [0.05, 0.1) is 17.6 Å². The molecule has 0 saturated carbocycles. The zero-order chi connectivity index (χ0) is 36.5. The van der Waals surface area contributed by atoms with Crippen molar-refractivity contribution >= 4 is 29.1 Å². The van der Waals surface area contributed by atoms with Crippen molar-refractivity contribution in [3.05, 3.63) is 88.4 Å². The number of nitrogens with one attached hydrogen (secondary N) is 1. The molecule has 11 heteroatoms. The molecular weight excluding hydrogens is 665 g/mol. The maximum absolute atomic E-state index is 13.8. The Morgan fingerprint density at radius 2 is 1.59 bits per heavy atom. The van der Waals surface area contributed by atoms with Crippen molar-refractivity contribution in [1.29, 1.82) is 0 Å². The van der Waals surface area contributed by atoms with Crippen LogP contribution in [0.1, 0.15) is 86.3 Å². The molecule has 1 saturated heterocycles. The Kier molecular flexibility index (Phi) is 12.6. The Morgan fingerprint density at radius 1 is 0.922 bits per heavy atom. The fourth-order valence-corrected chi connectivity index (χ4v) is 7.04. The summed E-state index contributed by atoms with van der Waals surface area (Å²) >= 11 is 1.36. The van der Waals surface area contributed by atoms with Gasteiger partial charge >= 0.3 is 5.97 Å². The molecule has 1 aliphatic rings. The molecule has 0 aliphatic carbocycles. The molecule has 3 unspecified atom stereocenters. The third kappa shape index (κ3) is 10.0. The number of benzene rings is 2. The lowest BCUT2D eigenvalue weighted by atomic mass is 9.95. The van der Waals surface area contributed by atoms with Crippen LogP contribution in [-0.4, -0.2) is 74.2 Å². The second-order valence-corrected chi connectivity index (χ2v) is 15.2. The van der Waals surface area contributed by atoms with E-state index in [-0.39, 0.29) is 24.8 Å². The Bertz CT molecular complexity index is 1770. The fourth-order valence-electron chi connectivity index (χ4n) is 6.08. The second kappa shape index (κ2) is 17.1. The van der Waals surface area contributed by atoms with Gasteiger partial charge in [0.1, 0.15) is 17.8 Å². The normalized spacial score (nSPS) is 16.5. The number of carboxylic acids is 1. The van der Waals surface area contributed by atoms with Gasteiger partial charge in [0, 0.05) is 47.8 Å². The Morgan fingerprint density at radius 3 is 2.22 bits per heavy atom. The van der Waals surface area contributed by atoms with Crippen LogP contribution in [0.5, 0.6) is 5.75 Å². The molecule has 10 nitrogen and oxygen atoms in total. The molecule has 1 fully saturated rings. The first kappa shape index (κ1) is 37.6. The van der Waals surface area contributed by atoms with Crippen molar-refractivity contribution in [3.63, 3.8) is 0 Å². The van der Waals surface area contributed by atoms with Crippen LogP contribution in [0.25, 0.3) is 22.5 Å². The number of ether oxygens (including phenoxy) is 1. The minimum absolute atomic E-state index is 0.0614. The van der Waals surface area contributed by atoms with Crippen molar-refractivity contribution in [1.82, 2.24) is 20.2 Å². The van der Waals surface area contributed by atoms with Gasteiger partial charge in [-0.2, -0.15) is 0 Å². The Hall–Kier alpha value is -4.61. The van der Waals surface area contributed by atoms with Gasteiger partial charge in [-0.25, -0.2) is 14.8 Å². The van der Waals surface area contributed by atoms with Gasteiger partial charge in [0.2, 0.25) is 5.91 Å². The maximum Gasteiger partial charge on any atom is 0.326 e. The van der Waals surface area contributed by atoms with Crippen LogP contribution in [0.4, 0.5) is 0 Å². The number of carboxylic acid groups (broad SMARTS) is 1. The number of hydrogen-bond donors (Lipinski definition) is 3. The third-order valence-corrected chi connectivity index (χ3v) is 10.5. The van der Waals surface area contributed by atoms with Gasteiger partial charge in [-0.15, -0.1) is 11.3 Å². The van der Waals surface area contributed by atoms with E-state index in [4.69, 9.17) is 4.74 Å². The van der Waals surface area contributed by atoms with E-state index in [1.165, 1.54) is 37.0 Å². The van der Waals surface area contributed by atoms with Gasteiger partial charge in [0.15, 0.2) is 5.82 Å². The highest BCUT2D eigenvalue weighted by Crippen LogP contribution is 2.30. The van der Waals surface area contributed by atoms with E-state index in [2.05, 4.69) is 43.0 Å². The standard InChI is InChI=1S/C40H48N4O6S/c1-5-6-7-8-9-20-50-31-16-14-27(15-17-31)29-23-41-36(42-24-29)28-12-10-26(11-13-28)21-32(38(47)44-25-30(45)22-33(44)39(48)49)43-37(46)34-18-19-35(51-34)40(2,3)4/h10-19,23-24,30,32-33,45H,5-9,20-22,25H2,1-4H3,(H,43,46)(H,48,49). The zero-order valence-corrected chi connectivity index (χ0v) is 30.6. The lowest BCUT2D eigenvalue weighted by molar-refractivity contribution is -0.148. The lowest BCUT2D eigenvalue weighted by Gasteiger charge is -2.27. The van der Waals surface area contributed by atoms with E-state index in [0.717, 1.165) is 44.2 Å². The summed E-state index contributed by atoms with van der Waals surface area (Å²) in [5.74, 6) is -0.772. The number of aromatic nitrogens is 2. The van der Waals surface area contributed by atoms with Gasteiger partial charge in [0.25, 0.3) is 5.91 Å². The first-order valence-corrected chi connectivity index (χ1v) is 18.5. The number of thiophene rings is 1. The van der Waals surface area contributed by atoms with Crippen LogP contribution in [0.3, 0.4) is 0 Å². The predicted octanol–water partition coefficient (Wildman–Crippen LogP) is 6.91. The number of rotatable bonds is 15. The summed E-state index contributed by atoms with van der Waals surface area (Å²) in [6, 6.07) is 16.8. The number of unbranched alkanes of at least 4 members (excludes halogenated alkanes) is 4. The quantitative estimate of drug-likeness (QED) is 0.113. The van der Waals surface area contributed by atoms with Crippen LogP contribution in [0.15, 0.2) is 73.1 Å². The molecular formula is C40H48N4O6S. The van der Waals surface area contributed by atoms with E-state index in [1.54, 1.807) is 18.5 Å². The summed E-state index contributed by atoms with van der Waals surface area (Å²) in [7, 11) is 0. The molecule has 0 radical (unpaired) electrons. The average molecular weight is 713 g/mol. The highest BCUT2D eigenvalue weighted by molar-refractivity contribution is 7.14. The summed E-state index contributed by atoms with van der Waals surface area (Å²) in [5.41, 5.74) is 3.26. The minimum Gasteiger partial charge on any atom is -0.494 e. The van der Waals surface area contributed by atoms with Gasteiger partial charge in [-0.3, -0.25) is 9.59 Å². The second-order valence-electron chi connectivity index (χ2n) is 14.2. The molecule has 2 aromatic carbocycles. The number of hydrogen-bond acceptors (Lipinski definition) is 8. The van der Waals surface area contributed by atoms with Crippen molar-refractivity contribution in [2.24, 2.45) is 0 Å². The molecule has 51 heavy (non-hydrogen) atoms. The SMILES string of the molecule is CCCCCCCOc1ccc(-c2cnc(-c3ccc(CC(NC(=O)c4ccc(C(C)(C)C)s4)C(=O)N4CC(O)CC4C(=O)O)cc3)nc2)cc1. The number of nitrogens with zero attached hydrogens (tertiary/aromatic N) is 3. The van der Waals surface area contributed by atoms with Gasteiger partial charge < -0.3 is 25.2 Å². The van der Waals surface area contributed by atoms with Crippen LogP contribution in [-0.2, 0) is 21.4 Å². The minimum atomic E-state index is -1.19. The number of carbonyl (C=O) groups is 3. The molecule has 270 valence electrons. The van der Waals surface area contributed by atoms with E-state index in [9.17, 15) is 24.6 Å². The van der Waals surface area contributed by atoms with E-state index >= 15 is 0 Å². The predicted molar refractivity (Wildman–Crippen MR) is 199 cm³/mol. The van der Waals surface area contributed by atoms with Crippen molar-refractivity contribution in [2.75, 3.05) is 13.2 Å². The summed E-state index contributed by atoms with van der Waals surface area (Å²) < 4.78 is 5.89. The number of aliphatic hydroxyl groups is 1. The summed E-state index contributed by atoms with van der Waals surface area (Å²) in [6.45, 7) is 9.00. The van der Waals surface area contributed by atoms with Crippen molar-refractivity contribution in [2.45, 2.75) is 96.2 Å². The fraction of sp³-hybridized carbons (Fsp3) is 0.425. The molecule has 0 bridgehead atoms. The van der Waals surface area contributed by atoms with Crippen LogP contribution >= 0.6 is 11.3 Å². The molecule has 3 atom stereocenters. The van der Waals surface area contributed by atoms with E-state index < -0.39 is 36.0 Å². The third-order valence-electron chi connectivity index (χ3n) is 9.03. The molecule has 3 heterocycles. The molecule has 0 spiro atoms. The highest BCUT2D eigenvalue weighted by atomic mass is 32.1. The maximum atomic E-state index is 13.8. The van der Waals surface area contributed by atoms with Crippen molar-refractivity contribution < 1.29 is 29.3 Å². The summed E-state index contributed by atoms with van der Waals surface area (Å²) in [5, 5.41) is 22.8. The molecule has 2 amide bonds. The molecule has 2 aromatic heterocycles. The number of β-amino-alcohol motifs (C(OH)–C–C–N with tert-alkyl or cyclic N) is 1. The number of aliphatic carboxylic acids is 1. The topological polar surface area (TPSA) is 142 Å². The van der Waals surface area contributed by atoms with Crippen molar-refractivity contribution in [3.8, 4) is 28.3 Å². The van der Waals surface area contributed by atoms with Gasteiger partial charge in [-0.1, -0.05) is 89.8 Å². The summed E-state index contributed by atoms with van der Waals surface area (Å²) in [4.78, 5) is 51.0. The first-order valence-electron chi connectivity index (χ1n) is 17.7. The first-order chi connectivity index (χ1) is 24.4. The molecule has 4 aromatic rings. The van der Waals surface area contributed by atoms with E-state index in [1.807, 2.05) is 54.6 Å². The van der Waals surface area contributed by atoms with E-state index in [0.29, 0.717) is 17.3 Å². The lowest BCUT2D eigenvalue weighted by Crippen LogP contribution is -2.52. The molecule has 5 rings (SSSR count). The summed E-state index contributed by atoms with van der Waals surface area (Å²) in [6.07, 6.45) is 8.66. The number of amides is 2. The highest BCUT2D eigenvalue weighted by Gasteiger charge is 2.41. The monoisotopic (exact) mass is 712 g/mol. The van der Waals surface area contributed by atoms with Crippen LogP contribution in [0.2, 0.25) is 0 Å². The number of likely N-dealkylation sites (tertiary alicyclic amines) is 1. The zero-order valence-electron chi connectivity index (χ0n) is 29.8. The molecule has 1 aliphatic heterocycles. The average Bonchev–Trinajstić information content (AvgIpc) is 3.78. The van der Waals surface area contributed by atoms with Crippen LogP contribution in [0, 0.1) is 0 Å². The van der Waals surface area contributed by atoms with Gasteiger partial charge in [-0.05, 0) is 47.2 Å². The number of carbonyl (C=O) groups excluding carboxylic acids is 2.